The third-order valence-corrected chi connectivity index (χ3v) is 2.21. The quantitative estimate of drug-likeness (QED) is 0.781. The van der Waals surface area contributed by atoms with Gasteiger partial charge in [0.2, 0.25) is 5.79 Å². The zero-order valence-electron chi connectivity index (χ0n) is 9.60. The third kappa shape index (κ3) is 3.00. The van der Waals surface area contributed by atoms with Crippen molar-refractivity contribution in [1.82, 2.24) is 0 Å². The first-order valence-electron chi connectivity index (χ1n) is 5.33. The summed E-state index contributed by atoms with van der Waals surface area (Å²) in [5.74, 6) is 0.187. The van der Waals surface area contributed by atoms with Crippen LogP contribution < -0.4 is 0 Å². The Morgan fingerprint density at radius 3 is 2.50 bits per heavy atom. The van der Waals surface area contributed by atoms with E-state index in [1.807, 2.05) is 44.2 Å². The molecule has 0 saturated heterocycles. The molecule has 0 N–H and O–H groups in total. The molecule has 0 aromatic heterocycles. The lowest BCUT2D eigenvalue weighted by Gasteiger charge is -2.18. The Balaban J connectivity index is 1.74. The first-order valence-corrected chi connectivity index (χ1v) is 5.33. The minimum Gasteiger partial charge on any atom is -0.457 e. The maximum absolute atomic E-state index is 5.52. The van der Waals surface area contributed by atoms with Gasteiger partial charge in [0.25, 0.3) is 0 Å². The van der Waals surface area contributed by atoms with Crippen molar-refractivity contribution in [2.45, 2.75) is 26.2 Å². The maximum Gasteiger partial charge on any atom is 0.244 e. The molecule has 3 nitrogen and oxygen atoms in total. The van der Waals surface area contributed by atoms with E-state index in [1.165, 1.54) is 0 Å². The second kappa shape index (κ2) is 4.58. The summed E-state index contributed by atoms with van der Waals surface area (Å²) in [6.07, 6.45) is 1.62. The zero-order chi connectivity index (χ0) is 11.4. The average Bonchev–Trinajstić information content (AvgIpc) is 2.60. The van der Waals surface area contributed by atoms with Crippen LogP contribution in [-0.4, -0.2) is 12.4 Å². The lowest BCUT2D eigenvalue weighted by molar-refractivity contribution is -0.121. The van der Waals surface area contributed by atoms with Crippen LogP contribution in [0, 0.1) is 0 Å². The third-order valence-electron chi connectivity index (χ3n) is 2.21. The molecule has 0 saturated carbocycles. The van der Waals surface area contributed by atoms with Crippen LogP contribution in [0.2, 0.25) is 0 Å². The molecule has 1 aromatic rings. The number of ether oxygens (including phenoxy) is 3. The normalized spacial score (nSPS) is 17.5. The van der Waals surface area contributed by atoms with Gasteiger partial charge in [-0.15, -0.1) is 0 Å². The smallest absolute Gasteiger partial charge is 0.244 e. The number of hydrogen-bond donors (Lipinski definition) is 0. The summed E-state index contributed by atoms with van der Waals surface area (Å²) in [7, 11) is 0. The average molecular weight is 220 g/mol. The van der Waals surface area contributed by atoms with Gasteiger partial charge >= 0.3 is 0 Å². The molecule has 0 bridgehead atoms. The predicted octanol–water partition coefficient (Wildman–Crippen LogP) is 2.83. The SMILES string of the molecule is CC1(C)OC=C(COCc2ccccc2)O1. The standard InChI is InChI=1S/C13H16O3/c1-13(2)15-10-12(16-13)9-14-8-11-6-4-3-5-7-11/h3-7,10H,8-9H2,1-2H3. The summed E-state index contributed by atoms with van der Waals surface area (Å²) in [6, 6.07) is 10.0. The van der Waals surface area contributed by atoms with Crippen molar-refractivity contribution in [2.24, 2.45) is 0 Å². The highest BCUT2D eigenvalue weighted by Crippen LogP contribution is 2.24. The van der Waals surface area contributed by atoms with E-state index >= 15 is 0 Å². The van der Waals surface area contributed by atoms with Crippen LogP contribution in [0.25, 0.3) is 0 Å². The number of rotatable bonds is 4. The fourth-order valence-corrected chi connectivity index (χ4v) is 1.48. The molecule has 1 aliphatic heterocycles. The molecular weight excluding hydrogens is 204 g/mol. The fraction of sp³-hybridized carbons (Fsp3) is 0.385. The topological polar surface area (TPSA) is 27.7 Å². The van der Waals surface area contributed by atoms with Gasteiger partial charge in [0.15, 0.2) is 5.76 Å². The van der Waals surface area contributed by atoms with Gasteiger partial charge in [0.1, 0.15) is 12.9 Å². The molecule has 16 heavy (non-hydrogen) atoms. The highest BCUT2D eigenvalue weighted by Gasteiger charge is 2.27. The number of benzene rings is 1. The minimum absolute atomic E-state index is 0.443. The van der Waals surface area contributed by atoms with Crippen LogP contribution in [-0.2, 0) is 20.8 Å². The molecule has 0 radical (unpaired) electrons. The lowest BCUT2D eigenvalue weighted by atomic mass is 10.2. The molecule has 0 aliphatic carbocycles. The molecule has 0 fully saturated rings. The maximum atomic E-state index is 5.52. The van der Waals surface area contributed by atoms with E-state index < -0.39 is 5.79 Å². The highest BCUT2D eigenvalue weighted by atomic mass is 16.7. The molecule has 2 rings (SSSR count). The van der Waals surface area contributed by atoms with Crippen molar-refractivity contribution in [3.05, 3.63) is 47.9 Å². The van der Waals surface area contributed by atoms with Crippen LogP contribution in [0.3, 0.4) is 0 Å². The highest BCUT2D eigenvalue weighted by molar-refractivity contribution is 5.13. The first-order chi connectivity index (χ1) is 7.66. The monoisotopic (exact) mass is 220 g/mol. The van der Waals surface area contributed by atoms with E-state index in [9.17, 15) is 0 Å². The molecule has 86 valence electrons. The van der Waals surface area contributed by atoms with Crippen LogP contribution in [0.15, 0.2) is 42.4 Å². The van der Waals surface area contributed by atoms with E-state index in [4.69, 9.17) is 14.2 Å². The van der Waals surface area contributed by atoms with E-state index in [0.717, 1.165) is 11.3 Å². The molecule has 0 spiro atoms. The minimum atomic E-state index is -0.550. The molecule has 1 heterocycles. The van der Waals surface area contributed by atoms with Crippen LogP contribution >= 0.6 is 0 Å². The Kier molecular flexibility index (Phi) is 3.15. The summed E-state index contributed by atoms with van der Waals surface area (Å²) in [6.45, 7) is 4.77. The second-order valence-corrected chi connectivity index (χ2v) is 4.18. The Morgan fingerprint density at radius 1 is 1.12 bits per heavy atom. The molecule has 1 aromatic carbocycles. The van der Waals surface area contributed by atoms with Crippen molar-refractivity contribution in [1.29, 1.82) is 0 Å². The largest absolute Gasteiger partial charge is 0.457 e. The van der Waals surface area contributed by atoms with E-state index in [-0.39, 0.29) is 0 Å². The summed E-state index contributed by atoms with van der Waals surface area (Å²) in [5.41, 5.74) is 1.15. The van der Waals surface area contributed by atoms with Crippen LogP contribution in [0.4, 0.5) is 0 Å². The van der Waals surface area contributed by atoms with Crippen molar-refractivity contribution >= 4 is 0 Å². The van der Waals surface area contributed by atoms with Gasteiger partial charge in [-0.1, -0.05) is 30.3 Å². The van der Waals surface area contributed by atoms with Gasteiger partial charge in [-0.05, 0) is 5.56 Å². The molecular formula is C13H16O3. The summed E-state index contributed by atoms with van der Waals surface area (Å²) in [5, 5.41) is 0. The van der Waals surface area contributed by atoms with Gasteiger partial charge in [-0.2, -0.15) is 0 Å². The Morgan fingerprint density at radius 2 is 1.88 bits per heavy atom. The zero-order valence-corrected chi connectivity index (χ0v) is 9.60. The van der Waals surface area contributed by atoms with Crippen molar-refractivity contribution < 1.29 is 14.2 Å². The molecule has 0 unspecified atom stereocenters. The molecule has 0 amide bonds. The number of hydrogen-bond acceptors (Lipinski definition) is 3. The first kappa shape index (κ1) is 11.0. The van der Waals surface area contributed by atoms with E-state index in [2.05, 4.69) is 0 Å². The van der Waals surface area contributed by atoms with Crippen LogP contribution in [0.5, 0.6) is 0 Å². The molecule has 0 atom stereocenters. The second-order valence-electron chi connectivity index (χ2n) is 4.18. The predicted molar refractivity (Wildman–Crippen MR) is 60.4 cm³/mol. The Bertz CT molecular complexity index is 368. The van der Waals surface area contributed by atoms with Gasteiger partial charge in [0.05, 0.1) is 6.61 Å². The fourth-order valence-electron chi connectivity index (χ4n) is 1.48. The lowest BCUT2D eigenvalue weighted by Crippen LogP contribution is -2.20. The van der Waals surface area contributed by atoms with E-state index in [1.54, 1.807) is 6.26 Å². The summed E-state index contributed by atoms with van der Waals surface area (Å²) in [4.78, 5) is 0. The van der Waals surface area contributed by atoms with Gasteiger partial charge in [0, 0.05) is 13.8 Å². The summed E-state index contributed by atoms with van der Waals surface area (Å²) >= 11 is 0. The van der Waals surface area contributed by atoms with Crippen molar-refractivity contribution in [2.75, 3.05) is 6.61 Å². The molecule has 1 aliphatic rings. The van der Waals surface area contributed by atoms with Gasteiger partial charge in [-0.3, -0.25) is 0 Å². The van der Waals surface area contributed by atoms with Crippen molar-refractivity contribution in [3.8, 4) is 0 Å². The van der Waals surface area contributed by atoms with Crippen LogP contribution in [0.1, 0.15) is 19.4 Å². The molecule has 3 heteroatoms. The van der Waals surface area contributed by atoms with Crippen molar-refractivity contribution in [3.63, 3.8) is 0 Å². The van der Waals surface area contributed by atoms with E-state index in [0.29, 0.717) is 13.2 Å². The summed E-state index contributed by atoms with van der Waals surface area (Å²) < 4.78 is 16.3. The van der Waals surface area contributed by atoms with Gasteiger partial charge < -0.3 is 14.2 Å². The Labute approximate surface area is 95.6 Å². The Hall–Kier alpha value is -1.48. The van der Waals surface area contributed by atoms with Gasteiger partial charge in [-0.25, -0.2) is 0 Å².